The van der Waals surface area contributed by atoms with Crippen LogP contribution in [0.2, 0.25) is 5.02 Å². The van der Waals surface area contributed by atoms with Crippen LogP contribution < -0.4 is 10.2 Å². The molecule has 1 atom stereocenters. The van der Waals surface area contributed by atoms with Gasteiger partial charge in [-0.05, 0) is 49.6 Å². The van der Waals surface area contributed by atoms with Gasteiger partial charge < -0.3 is 14.6 Å². The predicted molar refractivity (Wildman–Crippen MR) is 113 cm³/mol. The molecule has 5 rings (SSSR count). The average Bonchev–Trinajstić information content (AvgIpc) is 3.45. The Hall–Kier alpha value is -2.45. The molecule has 4 heterocycles. The van der Waals surface area contributed by atoms with Crippen molar-refractivity contribution in [2.75, 3.05) is 18.0 Å². The number of hydrogen-bond donors (Lipinski definition) is 1. The van der Waals surface area contributed by atoms with Crippen LogP contribution in [0.1, 0.15) is 36.2 Å². The number of anilines is 1. The van der Waals surface area contributed by atoms with Gasteiger partial charge in [0.25, 0.3) is 11.8 Å². The molecule has 7 nitrogen and oxygen atoms in total. The Balaban J connectivity index is 1.27. The van der Waals surface area contributed by atoms with E-state index in [0.717, 1.165) is 4.90 Å². The molecule has 1 aromatic carbocycles. The summed E-state index contributed by atoms with van der Waals surface area (Å²) in [5.41, 5.74) is 0.712. The lowest BCUT2D eigenvalue weighted by Crippen LogP contribution is -2.56. The summed E-state index contributed by atoms with van der Waals surface area (Å²) < 4.78 is 5.19. The van der Waals surface area contributed by atoms with Gasteiger partial charge in [-0.25, -0.2) is 0 Å². The van der Waals surface area contributed by atoms with E-state index in [0.29, 0.717) is 55.2 Å². The van der Waals surface area contributed by atoms with Crippen molar-refractivity contribution in [1.82, 2.24) is 10.2 Å². The van der Waals surface area contributed by atoms with Crippen LogP contribution in [0.5, 0.6) is 0 Å². The third-order valence-electron chi connectivity index (χ3n) is 5.93. The first kappa shape index (κ1) is 19.5. The molecule has 0 radical (unpaired) electrons. The average molecular weight is 446 g/mol. The van der Waals surface area contributed by atoms with E-state index in [1.165, 1.54) is 18.0 Å². The number of benzene rings is 1. The fourth-order valence-electron chi connectivity index (χ4n) is 4.40. The third-order valence-corrected chi connectivity index (χ3v) is 7.64. The maximum Gasteiger partial charge on any atom is 0.289 e. The highest BCUT2D eigenvalue weighted by Crippen LogP contribution is 2.56. The predicted octanol–water partition coefficient (Wildman–Crippen LogP) is 3.28. The van der Waals surface area contributed by atoms with Crippen LogP contribution in [0, 0.1) is 0 Å². The van der Waals surface area contributed by atoms with Crippen LogP contribution in [0.4, 0.5) is 5.69 Å². The van der Waals surface area contributed by atoms with E-state index < -0.39 is 4.87 Å². The number of likely N-dealkylation sites (tertiary alicyclic amines) is 1. The number of carbonyl (C=O) groups is 3. The van der Waals surface area contributed by atoms with Crippen molar-refractivity contribution in [1.29, 1.82) is 0 Å². The summed E-state index contributed by atoms with van der Waals surface area (Å²) in [6.07, 6.45) is 3.60. The van der Waals surface area contributed by atoms with Gasteiger partial charge in [0.2, 0.25) is 5.91 Å². The highest BCUT2D eigenvalue weighted by molar-refractivity contribution is 8.02. The van der Waals surface area contributed by atoms with Gasteiger partial charge in [-0.3, -0.25) is 19.3 Å². The number of rotatable bonds is 3. The van der Waals surface area contributed by atoms with Crippen molar-refractivity contribution in [2.45, 2.75) is 41.5 Å². The number of furan rings is 1. The second-order valence-corrected chi connectivity index (χ2v) is 9.50. The molecule has 1 N–H and O–H groups in total. The molecule has 3 aliphatic rings. The fraction of sp³-hybridized carbons (Fsp3) is 0.381. The van der Waals surface area contributed by atoms with Crippen molar-refractivity contribution in [3.8, 4) is 0 Å². The maximum atomic E-state index is 13.4. The van der Waals surface area contributed by atoms with Crippen molar-refractivity contribution in [3.63, 3.8) is 0 Å². The van der Waals surface area contributed by atoms with Crippen LogP contribution >= 0.6 is 23.4 Å². The van der Waals surface area contributed by atoms with E-state index in [1.807, 2.05) is 6.07 Å². The zero-order chi connectivity index (χ0) is 20.9. The molecule has 1 unspecified atom stereocenters. The molecular formula is C21H20ClN3O4S. The molecule has 0 bridgehead atoms. The van der Waals surface area contributed by atoms with Crippen LogP contribution in [0.3, 0.4) is 0 Å². The van der Waals surface area contributed by atoms with Gasteiger partial charge >= 0.3 is 0 Å². The fourth-order valence-corrected chi connectivity index (χ4v) is 5.97. The summed E-state index contributed by atoms with van der Waals surface area (Å²) >= 11 is 7.56. The number of piperidine rings is 1. The zero-order valence-electron chi connectivity index (χ0n) is 16.1. The highest BCUT2D eigenvalue weighted by atomic mass is 35.5. The minimum atomic E-state index is -0.953. The zero-order valence-corrected chi connectivity index (χ0v) is 17.7. The molecule has 2 saturated heterocycles. The lowest BCUT2D eigenvalue weighted by Gasteiger charge is -2.35. The second kappa shape index (κ2) is 7.35. The monoisotopic (exact) mass is 445 g/mol. The van der Waals surface area contributed by atoms with Crippen molar-refractivity contribution in [2.24, 2.45) is 0 Å². The van der Waals surface area contributed by atoms with E-state index in [1.54, 1.807) is 34.1 Å². The normalized spacial score (nSPS) is 23.4. The lowest BCUT2D eigenvalue weighted by molar-refractivity contribution is -0.125. The van der Waals surface area contributed by atoms with Crippen LogP contribution in [-0.4, -0.2) is 46.6 Å². The van der Waals surface area contributed by atoms with Crippen LogP contribution in [0.15, 0.2) is 45.9 Å². The minimum Gasteiger partial charge on any atom is -0.459 e. The number of hydrogen-bond acceptors (Lipinski definition) is 5. The summed E-state index contributed by atoms with van der Waals surface area (Å²) in [5.74, 6) is -0.0103. The molecule has 3 amide bonds. The summed E-state index contributed by atoms with van der Waals surface area (Å²) in [6.45, 7) is 1.09. The number of nitrogens with one attached hydrogen (secondary N) is 1. The van der Waals surface area contributed by atoms with Crippen LogP contribution in [0.25, 0.3) is 0 Å². The number of carbonyl (C=O) groups excluding carboxylic acids is 3. The number of thioether (sulfide) groups is 1. The second-order valence-electron chi connectivity index (χ2n) is 7.74. The summed E-state index contributed by atoms with van der Waals surface area (Å²) in [4.78, 5) is 41.7. The van der Waals surface area contributed by atoms with E-state index in [4.69, 9.17) is 16.0 Å². The topological polar surface area (TPSA) is 82.9 Å². The quantitative estimate of drug-likeness (QED) is 0.783. The Kier molecular flexibility index (Phi) is 4.78. The van der Waals surface area contributed by atoms with Crippen molar-refractivity contribution in [3.05, 3.63) is 47.4 Å². The van der Waals surface area contributed by atoms with E-state index >= 15 is 0 Å². The van der Waals surface area contributed by atoms with Gasteiger partial charge in [-0.15, -0.1) is 0 Å². The summed E-state index contributed by atoms with van der Waals surface area (Å²) in [7, 11) is 0. The standard InChI is InChI=1S/C21H20ClN3O4S/c22-13-3-4-17-15(12-13)25-18(26)5-8-21(25,30-17)20(28)23-14-6-9-24(10-7-14)19(27)16-2-1-11-29-16/h1-4,11-12,14H,5-10H2,(H,23,28). The first-order chi connectivity index (χ1) is 14.5. The van der Waals surface area contributed by atoms with Gasteiger partial charge in [0, 0.05) is 35.5 Å². The first-order valence-electron chi connectivity index (χ1n) is 9.93. The van der Waals surface area contributed by atoms with E-state index in [2.05, 4.69) is 5.32 Å². The van der Waals surface area contributed by atoms with Crippen molar-refractivity contribution >= 4 is 46.8 Å². The van der Waals surface area contributed by atoms with E-state index in [-0.39, 0.29) is 23.8 Å². The summed E-state index contributed by atoms with van der Waals surface area (Å²) in [5, 5.41) is 3.68. The highest BCUT2D eigenvalue weighted by Gasteiger charge is 2.57. The Morgan fingerprint density at radius 2 is 2.03 bits per heavy atom. The molecule has 2 aromatic rings. The van der Waals surface area contributed by atoms with E-state index in [9.17, 15) is 14.4 Å². The Morgan fingerprint density at radius 1 is 1.23 bits per heavy atom. The maximum absolute atomic E-state index is 13.4. The number of amides is 3. The molecular weight excluding hydrogens is 426 g/mol. The smallest absolute Gasteiger partial charge is 0.289 e. The minimum absolute atomic E-state index is 0.0435. The van der Waals surface area contributed by atoms with Crippen LogP contribution in [-0.2, 0) is 9.59 Å². The third kappa shape index (κ3) is 3.09. The first-order valence-corrected chi connectivity index (χ1v) is 11.1. The lowest BCUT2D eigenvalue weighted by atomic mass is 10.0. The largest absolute Gasteiger partial charge is 0.459 e. The SMILES string of the molecule is O=C(c1ccco1)N1CCC(NC(=O)C23CCC(=O)N2c2cc(Cl)ccc2S3)CC1. The Morgan fingerprint density at radius 3 is 2.77 bits per heavy atom. The number of nitrogens with zero attached hydrogens (tertiary/aromatic N) is 2. The molecule has 9 heteroatoms. The Labute approximate surface area is 182 Å². The molecule has 0 saturated carbocycles. The van der Waals surface area contributed by atoms with Gasteiger partial charge in [-0.2, -0.15) is 0 Å². The van der Waals surface area contributed by atoms with Gasteiger partial charge in [0.05, 0.1) is 12.0 Å². The van der Waals surface area contributed by atoms with Gasteiger partial charge in [0.15, 0.2) is 10.6 Å². The molecule has 156 valence electrons. The molecule has 1 aromatic heterocycles. The molecule has 3 aliphatic heterocycles. The molecule has 0 aliphatic carbocycles. The van der Waals surface area contributed by atoms with Gasteiger partial charge in [-0.1, -0.05) is 23.4 Å². The Bertz CT molecular complexity index is 1020. The molecule has 0 spiro atoms. The molecule has 2 fully saturated rings. The van der Waals surface area contributed by atoms with Crippen molar-refractivity contribution < 1.29 is 18.8 Å². The number of fused-ring (bicyclic) bond motifs is 3. The van der Waals surface area contributed by atoms with Gasteiger partial charge in [0.1, 0.15) is 0 Å². The molecule has 30 heavy (non-hydrogen) atoms. The summed E-state index contributed by atoms with van der Waals surface area (Å²) in [6, 6.07) is 8.69. The number of halogens is 1.